The van der Waals surface area contributed by atoms with Crippen LogP contribution in [0.25, 0.3) is 0 Å². The summed E-state index contributed by atoms with van der Waals surface area (Å²) in [4.78, 5) is 12.3. The molecular weight excluding hydrogens is 455 g/mol. The molecule has 0 radical (unpaired) electrons. The number of nitrogens with one attached hydrogen (secondary N) is 1. The maximum Gasteiger partial charge on any atom is 0.234 e. The van der Waals surface area contributed by atoms with E-state index in [2.05, 4.69) is 15.5 Å². The lowest BCUT2D eigenvalue weighted by Gasteiger charge is -2.09. The van der Waals surface area contributed by atoms with Gasteiger partial charge < -0.3 is 14.6 Å². The van der Waals surface area contributed by atoms with Gasteiger partial charge in [0, 0.05) is 23.7 Å². The number of aromatic nitrogens is 3. The number of nitrogens with zero attached hydrogens (tertiary/aromatic N) is 3. The lowest BCUT2D eigenvalue weighted by Crippen LogP contribution is -2.15. The highest BCUT2D eigenvalue weighted by atomic mass is 35.5. The van der Waals surface area contributed by atoms with E-state index in [1.54, 1.807) is 18.2 Å². The van der Waals surface area contributed by atoms with E-state index in [1.165, 1.54) is 11.8 Å². The minimum atomic E-state index is -0.0731. The Balaban J connectivity index is 1.48. The Morgan fingerprint density at radius 3 is 2.77 bits per heavy atom. The first kappa shape index (κ1) is 23.4. The molecule has 0 spiro atoms. The van der Waals surface area contributed by atoms with Crippen LogP contribution in [0.2, 0.25) is 10.0 Å². The van der Waals surface area contributed by atoms with Gasteiger partial charge in [-0.1, -0.05) is 47.1 Å². The van der Waals surface area contributed by atoms with E-state index in [0.29, 0.717) is 28.8 Å². The molecule has 0 saturated carbocycles. The number of thioether (sulfide) groups is 1. The van der Waals surface area contributed by atoms with Gasteiger partial charge in [0.2, 0.25) is 5.91 Å². The molecule has 2 aromatic carbocycles. The van der Waals surface area contributed by atoms with Crippen LogP contribution >= 0.6 is 35.0 Å². The third-order valence-electron chi connectivity index (χ3n) is 4.44. The van der Waals surface area contributed by atoms with Crippen molar-refractivity contribution in [2.24, 2.45) is 0 Å². The molecule has 164 valence electrons. The lowest BCUT2D eigenvalue weighted by atomic mass is 10.2. The van der Waals surface area contributed by atoms with Gasteiger partial charge in [0.25, 0.3) is 0 Å². The first-order chi connectivity index (χ1) is 15.0. The van der Waals surface area contributed by atoms with Gasteiger partial charge in [-0.3, -0.25) is 4.79 Å². The summed E-state index contributed by atoms with van der Waals surface area (Å²) in [5, 5.41) is 13.3. The minimum Gasteiger partial charge on any atom is -0.492 e. The maximum atomic E-state index is 12.3. The predicted octanol–water partition coefficient (Wildman–Crippen LogP) is 5.66. The molecule has 1 aromatic heterocycles. The van der Waals surface area contributed by atoms with E-state index in [9.17, 15) is 4.79 Å². The lowest BCUT2D eigenvalue weighted by molar-refractivity contribution is -0.113. The average Bonchev–Trinajstić information content (AvgIpc) is 3.12. The Hall–Kier alpha value is -2.22. The monoisotopic (exact) mass is 478 g/mol. The van der Waals surface area contributed by atoms with E-state index in [4.69, 9.17) is 27.9 Å². The fourth-order valence-corrected chi connectivity index (χ4v) is 4.27. The highest BCUT2D eigenvalue weighted by molar-refractivity contribution is 7.99. The SMILES string of the molecule is CCn1c(CCCOc2ccc(Cl)cc2Cl)nnc1SCC(=O)Nc1cccc(C)c1. The topological polar surface area (TPSA) is 69.0 Å². The van der Waals surface area contributed by atoms with Gasteiger partial charge in [0.15, 0.2) is 5.16 Å². The van der Waals surface area contributed by atoms with Crippen molar-refractivity contribution in [3.63, 3.8) is 0 Å². The van der Waals surface area contributed by atoms with Gasteiger partial charge in [-0.25, -0.2) is 0 Å². The second-order valence-electron chi connectivity index (χ2n) is 6.88. The van der Waals surface area contributed by atoms with Crippen LogP contribution in [0.3, 0.4) is 0 Å². The zero-order valence-electron chi connectivity index (χ0n) is 17.4. The fourth-order valence-electron chi connectivity index (χ4n) is 2.98. The van der Waals surface area contributed by atoms with Gasteiger partial charge in [-0.05, 0) is 56.2 Å². The van der Waals surface area contributed by atoms with Crippen LogP contribution in [0.5, 0.6) is 5.75 Å². The number of benzene rings is 2. The smallest absolute Gasteiger partial charge is 0.234 e. The van der Waals surface area contributed by atoms with E-state index in [0.717, 1.165) is 35.2 Å². The predicted molar refractivity (Wildman–Crippen MR) is 127 cm³/mol. The molecule has 0 saturated heterocycles. The van der Waals surface area contributed by atoms with Crippen molar-refractivity contribution >= 4 is 46.6 Å². The standard InChI is InChI=1S/C22H24Cl2N4O2S/c1-3-28-20(8-5-11-30-19-10-9-16(23)13-18(19)24)26-27-22(28)31-14-21(29)25-17-7-4-6-15(2)12-17/h4,6-7,9-10,12-13H,3,5,8,11,14H2,1-2H3,(H,25,29). The molecule has 0 aliphatic rings. The van der Waals surface area contributed by atoms with Crippen molar-refractivity contribution in [1.82, 2.24) is 14.8 Å². The summed E-state index contributed by atoms with van der Waals surface area (Å²) in [5.41, 5.74) is 1.90. The van der Waals surface area contributed by atoms with Crippen molar-refractivity contribution < 1.29 is 9.53 Å². The molecule has 0 aliphatic carbocycles. The summed E-state index contributed by atoms with van der Waals surface area (Å²) < 4.78 is 7.76. The first-order valence-corrected chi connectivity index (χ1v) is 11.7. The van der Waals surface area contributed by atoms with Gasteiger partial charge in [0.1, 0.15) is 11.6 Å². The largest absolute Gasteiger partial charge is 0.492 e. The van der Waals surface area contributed by atoms with E-state index < -0.39 is 0 Å². The van der Waals surface area contributed by atoms with E-state index in [1.807, 2.05) is 42.7 Å². The van der Waals surface area contributed by atoms with Crippen LogP contribution in [-0.2, 0) is 17.8 Å². The van der Waals surface area contributed by atoms with Gasteiger partial charge in [0.05, 0.1) is 17.4 Å². The molecule has 9 heteroatoms. The molecule has 1 amide bonds. The molecule has 3 rings (SSSR count). The normalized spacial score (nSPS) is 10.8. The molecule has 0 aliphatic heterocycles. The Labute approximate surface area is 196 Å². The van der Waals surface area contributed by atoms with Gasteiger partial charge in [-0.15, -0.1) is 10.2 Å². The van der Waals surface area contributed by atoms with Crippen molar-refractivity contribution in [1.29, 1.82) is 0 Å². The zero-order chi connectivity index (χ0) is 22.2. The number of ether oxygens (including phenoxy) is 1. The third kappa shape index (κ3) is 6.89. The van der Waals surface area contributed by atoms with Crippen LogP contribution in [0.1, 0.15) is 24.7 Å². The maximum absolute atomic E-state index is 12.3. The molecule has 1 N–H and O–H groups in total. The number of aryl methyl sites for hydroxylation is 2. The molecule has 31 heavy (non-hydrogen) atoms. The number of hydrogen-bond donors (Lipinski definition) is 1. The van der Waals surface area contributed by atoms with E-state index in [-0.39, 0.29) is 11.7 Å². The van der Waals surface area contributed by atoms with Crippen LogP contribution in [-0.4, -0.2) is 33.0 Å². The molecule has 0 fully saturated rings. The number of amides is 1. The number of hydrogen-bond acceptors (Lipinski definition) is 5. The van der Waals surface area contributed by atoms with Crippen LogP contribution < -0.4 is 10.1 Å². The molecule has 1 heterocycles. The minimum absolute atomic E-state index is 0.0731. The number of anilines is 1. The molecular formula is C22H24Cl2N4O2S. The summed E-state index contributed by atoms with van der Waals surface area (Å²) in [5.74, 6) is 1.68. The van der Waals surface area contributed by atoms with Gasteiger partial charge in [-0.2, -0.15) is 0 Å². The molecule has 3 aromatic rings. The Bertz CT molecular complexity index is 1040. The van der Waals surface area contributed by atoms with Crippen molar-refractivity contribution in [2.45, 2.75) is 38.4 Å². The summed E-state index contributed by atoms with van der Waals surface area (Å²) in [7, 11) is 0. The molecule has 6 nitrogen and oxygen atoms in total. The third-order valence-corrected chi connectivity index (χ3v) is 5.94. The molecule has 0 unspecified atom stereocenters. The second-order valence-corrected chi connectivity index (χ2v) is 8.66. The number of rotatable bonds is 10. The summed E-state index contributed by atoms with van der Waals surface area (Å²) in [6.07, 6.45) is 1.47. The van der Waals surface area contributed by atoms with Gasteiger partial charge >= 0.3 is 0 Å². The number of carbonyl (C=O) groups excluding carboxylic acids is 1. The Morgan fingerprint density at radius 1 is 1.19 bits per heavy atom. The van der Waals surface area contributed by atoms with Crippen LogP contribution in [0, 0.1) is 6.92 Å². The van der Waals surface area contributed by atoms with Crippen molar-refractivity contribution in [3.8, 4) is 5.75 Å². The average molecular weight is 479 g/mol. The van der Waals surface area contributed by atoms with Crippen LogP contribution in [0.15, 0.2) is 47.6 Å². The van der Waals surface area contributed by atoms with Crippen LogP contribution in [0.4, 0.5) is 5.69 Å². The quantitative estimate of drug-likeness (QED) is 0.300. The fraction of sp³-hybridized carbons (Fsp3) is 0.318. The highest BCUT2D eigenvalue weighted by Gasteiger charge is 2.13. The van der Waals surface area contributed by atoms with Crippen molar-refractivity contribution in [2.75, 3.05) is 17.7 Å². The van der Waals surface area contributed by atoms with E-state index >= 15 is 0 Å². The first-order valence-electron chi connectivity index (χ1n) is 9.95. The highest BCUT2D eigenvalue weighted by Crippen LogP contribution is 2.27. The van der Waals surface area contributed by atoms with Crippen molar-refractivity contribution in [3.05, 3.63) is 63.9 Å². The second kappa shape index (κ2) is 11.4. The molecule has 0 atom stereocenters. The summed E-state index contributed by atoms with van der Waals surface area (Å²) in [6, 6.07) is 12.9. The summed E-state index contributed by atoms with van der Waals surface area (Å²) in [6.45, 7) is 5.26. The Morgan fingerprint density at radius 2 is 2.03 bits per heavy atom. The number of carbonyl (C=O) groups is 1. The Kier molecular flexibility index (Phi) is 8.63. The summed E-state index contributed by atoms with van der Waals surface area (Å²) >= 11 is 13.4. The number of halogens is 2. The molecule has 0 bridgehead atoms. The zero-order valence-corrected chi connectivity index (χ0v) is 19.7.